The second-order valence-corrected chi connectivity index (χ2v) is 14.6. The number of piperazine rings is 1. The van der Waals surface area contributed by atoms with E-state index in [1.54, 1.807) is 6.07 Å². The van der Waals surface area contributed by atoms with E-state index in [1.165, 1.54) is 11.6 Å². The molecule has 51 heavy (non-hydrogen) atoms. The molecule has 0 radical (unpaired) electrons. The predicted molar refractivity (Wildman–Crippen MR) is 194 cm³/mol. The molecule has 0 unspecified atom stereocenters. The van der Waals surface area contributed by atoms with E-state index in [0.29, 0.717) is 36.4 Å². The van der Waals surface area contributed by atoms with E-state index in [4.69, 9.17) is 10.5 Å². The van der Waals surface area contributed by atoms with Gasteiger partial charge in [0.1, 0.15) is 17.1 Å². The monoisotopic (exact) mass is 693 g/mol. The van der Waals surface area contributed by atoms with Crippen molar-refractivity contribution in [2.75, 3.05) is 19.6 Å². The Labute approximate surface area is 299 Å². The summed E-state index contributed by atoms with van der Waals surface area (Å²) in [7, 11) is 0. The van der Waals surface area contributed by atoms with Crippen LogP contribution in [0.15, 0.2) is 60.8 Å². The molecule has 4 heterocycles. The summed E-state index contributed by atoms with van der Waals surface area (Å²) in [5, 5.41) is 11.2. The van der Waals surface area contributed by atoms with Gasteiger partial charge in [0.25, 0.3) is 11.8 Å². The number of ether oxygens (including phenoxy) is 1. The highest BCUT2D eigenvalue weighted by atomic mass is 19.1. The molecule has 2 aliphatic heterocycles. The third kappa shape index (κ3) is 8.15. The quantitative estimate of drug-likeness (QED) is 0.176. The molecule has 10 nitrogen and oxygen atoms in total. The van der Waals surface area contributed by atoms with Crippen molar-refractivity contribution in [1.29, 1.82) is 0 Å². The van der Waals surface area contributed by atoms with Gasteiger partial charge in [-0.2, -0.15) is 5.10 Å². The number of carbonyl (C=O) groups is 2. The number of rotatable bonds is 11. The van der Waals surface area contributed by atoms with Crippen molar-refractivity contribution in [3.05, 3.63) is 94.7 Å². The predicted octanol–water partition coefficient (Wildman–Crippen LogP) is 5.99. The molecule has 3 aliphatic rings. The Hall–Kier alpha value is -4.61. The molecule has 2 fully saturated rings. The van der Waals surface area contributed by atoms with Gasteiger partial charge < -0.3 is 26.0 Å². The van der Waals surface area contributed by atoms with Crippen LogP contribution in [0.3, 0.4) is 0 Å². The van der Waals surface area contributed by atoms with E-state index >= 15 is 0 Å². The van der Waals surface area contributed by atoms with E-state index in [-0.39, 0.29) is 23.4 Å². The van der Waals surface area contributed by atoms with Crippen molar-refractivity contribution in [1.82, 2.24) is 30.3 Å². The number of fused-ring (bicyclic) bond motifs is 1. The fourth-order valence-electron chi connectivity index (χ4n) is 8.27. The first kappa shape index (κ1) is 34.8. The number of pyridine rings is 1. The molecular formula is C40H48FN7O3. The SMILES string of the molecule is C[C@@H]1CN(CCCc2ccc(-c3cccc(Oc4ncc(F)cc4C(=O)NC4CCC(c5c(C(N)=O)nn6c5CCC6)CC4)c3)cc2)C[C@H](C)N1. The van der Waals surface area contributed by atoms with Gasteiger partial charge >= 0.3 is 0 Å². The van der Waals surface area contributed by atoms with Crippen LogP contribution in [0, 0.1) is 5.82 Å². The Bertz CT molecular complexity index is 1860. The van der Waals surface area contributed by atoms with Crippen LogP contribution in [0.5, 0.6) is 11.6 Å². The lowest BCUT2D eigenvalue weighted by Crippen LogP contribution is -2.54. The lowest BCUT2D eigenvalue weighted by molar-refractivity contribution is 0.0922. The van der Waals surface area contributed by atoms with Crippen molar-refractivity contribution < 1.29 is 18.7 Å². The molecule has 7 rings (SSSR count). The van der Waals surface area contributed by atoms with Gasteiger partial charge in [0, 0.05) is 49.0 Å². The van der Waals surface area contributed by atoms with E-state index in [0.717, 1.165) is 93.3 Å². The Morgan fingerprint density at radius 2 is 1.78 bits per heavy atom. The largest absolute Gasteiger partial charge is 0.438 e. The van der Waals surface area contributed by atoms with Crippen molar-refractivity contribution in [2.24, 2.45) is 5.73 Å². The number of benzene rings is 2. The number of aryl methyl sites for hydroxylation is 2. The van der Waals surface area contributed by atoms with E-state index < -0.39 is 17.6 Å². The minimum atomic E-state index is -0.615. The maximum Gasteiger partial charge on any atom is 0.269 e. The number of nitrogens with one attached hydrogen (secondary N) is 2. The molecule has 2 amide bonds. The van der Waals surface area contributed by atoms with Gasteiger partial charge in [-0.15, -0.1) is 0 Å². The van der Waals surface area contributed by atoms with Gasteiger partial charge in [-0.3, -0.25) is 14.3 Å². The number of hydrogen-bond acceptors (Lipinski definition) is 7. The molecule has 1 saturated heterocycles. The second kappa shape index (κ2) is 15.3. The molecule has 268 valence electrons. The van der Waals surface area contributed by atoms with Crippen LogP contribution in [0.2, 0.25) is 0 Å². The minimum absolute atomic E-state index is 0.0436. The highest BCUT2D eigenvalue weighted by Crippen LogP contribution is 2.38. The van der Waals surface area contributed by atoms with Crippen LogP contribution in [-0.4, -0.2) is 69.2 Å². The summed E-state index contributed by atoms with van der Waals surface area (Å²) < 4.78 is 22.5. The second-order valence-electron chi connectivity index (χ2n) is 14.6. The van der Waals surface area contributed by atoms with Crippen LogP contribution < -0.4 is 21.1 Å². The van der Waals surface area contributed by atoms with Gasteiger partial charge in [0.05, 0.1) is 6.20 Å². The maximum absolute atomic E-state index is 14.4. The molecule has 0 spiro atoms. The van der Waals surface area contributed by atoms with Gasteiger partial charge in [-0.25, -0.2) is 9.37 Å². The number of nitrogens with zero attached hydrogens (tertiary/aromatic N) is 4. The number of hydrogen-bond donors (Lipinski definition) is 3. The van der Waals surface area contributed by atoms with Crippen LogP contribution >= 0.6 is 0 Å². The Balaban J connectivity index is 0.961. The molecule has 1 aliphatic carbocycles. The number of nitrogens with two attached hydrogens (primary N) is 1. The third-order valence-corrected chi connectivity index (χ3v) is 10.6. The first-order valence-corrected chi connectivity index (χ1v) is 18.4. The summed E-state index contributed by atoms with van der Waals surface area (Å²) in [4.78, 5) is 32.4. The molecule has 0 bridgehead atoms. The topological polar surface area (TPSA) is 127 Å². The van der Waals surface area contributed by atoms with Gasteiger partial charge in [0.2, 0.25) is 5.88 Å². The van der Waals surface area contributed by atoms with E-state index in [2.05, 4.69) is 63.7 Å². The zero-order chi connectivity index (χ0) is 35.5. The lowest BCUT2D eigenvalue weighted by atomic mass is 9.80. The molecule has 2 atom stereocenters. The Morgan fingerprint density at radius 1 is 1.02 bits per heavy atom. The van der Waals surface area contributed by atoms with E-state index in [9.17, 15) is 14.0 Å². The number of amides is 2. The number of primary amides is 1. The summed E-state index contributed by atoms with van der Waals surface area (Å²) in [6, 6.07) is 18.4. The average Bonchev–Trinajstić information content (AvgIpc) is 3.72. The highest BCUT2D eigenvalue weighted by Gasteiger charge is 2.33. The van der Waals surface area contributed by atoms with Gasteiger partial charge in [-0.05, 0) is 113 Å². The summed E-state index contributed by atoms with van der Waals surface area (Å²) in [5.74, 6) is -0.827. The van der Waals surface area contributed by atoms with Crippen LogP contribution in [0.1, 0.15) is 96.0 Å². The Morgan fingerprint density at radius 3 is 2.53 bits per heavy atom. The normalized spacial score (nSPS) is 22.0. The number of aromatic nitrogens is 3. The smallest absolute Gasteiger partial charge is 0.269 e. The van der Waals surface area contributed by atoms with Crippen molar-refractivity contribution >= 4 is 11.8 Å². The minimum Gasteiger partial charge on any atom is -0.438 e. The first-order chi connectivity index (χ1) is 24.7. The third-order valence-electron chi connectivity index (χ3n) is 10.6. The Kier molecular flexibility index (Phi) is 10.5. The fourth-order valence-corrected chi connectivity index (χ4v) is 8.27. The maximum atomic E-state index is 14.4. The fraction of sp³-hybridized carbons (Fsp3) is 0.450. The summed E-state index contributed by atoms with van der Waals surface area (Å²) >= 11 is 0. The summed E-state index contributed by atoms with van der Waals surface area (Å²) in [5.41, 5.74) is 11.5. The van der Waals surface area contributed by atoms with E-state index in [1.807, 2.05) is 22.9 Å². The van der Waals surface area contributed by atoms with Crippen molar-refractivity contribution in [3.8, 4) is 22.8 Å². The molecule has 4 aromatic rings. The van der Waals surface area contributed by atoms with Crippen molar-refractivity contribution in [3.63, 3.8) is 0 Å². The number of halogens is 1. The van der Waals surface area contributed by atoms with Crippen LogP contribution in [-0.2, 0) is 19.4 Å². The first-order valence-electron chi connectivity index (χ1n) is 18.4. The van der Waals surface area contributed by atoms with Gasteiger partial charge in [0.15, 0.2) is 5.69 Å². The molecule has 11 heteroatoms. The van der Waals surface area contributed by atoms with Gasteiger partial charge in [-0.1, -0.05) is 36.4 Å². The zero-order valence-electron chi connectivity index (χ0n) is 29.5. The molecule has 4 N–H and O–H groups in total. The zero-order valence-corrected chi connectivity index (χ0v) is 29.5. The summed E-state index contributed by atoms with van der Waals surface area (Å²) in [6.45, 7) is 8.60. The molecule has 2 aromatic heterocycles. The highest BCUT2D eigenvalue weighted by molar-refractivity contribution is 5.96. The van der Waals surface area contributed by atoms with Crippen LogP contribution in [0.4, 0.5) is 4.39 Å². The molecule has 2 aromatic carbocycles. The van der Waals surface area contributed by atoms with Crippen molar-refractivity contribution in [2.45, 2.75) is 95.8 Å². The molecule has 1 saturated carbocycles. The lowest BCUT2D eigenvalue weighted by Gasteiger charge is -2.36. The summed E-state index contributed by atoms with van der Waals surface area (Å²) in [6.07, 6.45) is 8.13. The standard InChI is InChI=1S/C40H48FN7O3/c1-25-23-47(24-26(2)44-25)18-4-6-27-10-12-28(13-11-27)30-7-3-8-33(20-30)51-40-34(21-31(41)22-43-40)39(50)45-32-16-14-29(15-17-32)36-35-9-5-19-48(35)46-37(36)38(42)49/h3,7-8,10-13,20-22,25-26,29,32,44H,4-6,9,14-19,23-24H2,1-2H3,(H2,42,49)(H,45,50)/t25-,26+,29?,32?. The molecular weight excluding hydrogens is 645 g/mol. The average molecular weight is 694 g/mol. The number of carbonyl (C=O) groups excluding carboxylic acids is 2. The van der Waals surface area contributed by atoms with Crippen LogP contribution in [0.25, 0.3) is 11.1 Å².